The molecule has 1 aromatic rings. The highest BCUT2D eigenvalue weighted by atomic mass is 35.5. The zero-order chi connectivity index (χ0) is 15.1. The van der Waals surface area contributed by atoms with E-state index in [9.17, 15) is 9.90 Å². The number of carbonyl (C=O) groups is 1. The van der Waals surface area contributed by atoms with E-state index in [0.717, 1.165) is 18.4 Å². The molecule has 2 N–H and O–H groups in total. The highest BCUT2D eigenvalue weighted by Crippen LogP contribution is 2.18. The van der Waals surface area contributed by atoms with Crippen LogP contribution in [0.5, 0.6) is 0 Å². The number of amides is 1. The normalized spacial score (nSPS) is 17.4. The van der Waals surface area contributed by atoms with Crippen LogP contribution in [0.3, 0.4) is 0 Å². The first-order valence-corrected chi connectivity index (χ1v) is 7.80. The Morgan fingerprint density at radius 2 is 2.19 bits per heavy atom. The smallest absolute Gasteiger partial charge is 0.220 e. The molecule has 1 unspecified atom stereocenters. The highest BCUT2D eigenvalue weighted by molar-refractivity contribution is 6.30. The third-order valence-corrected chi connectivity index (χ3v) is 4.08. The lowest BCUT2D eigenvalue weighted by atomic mass is 9.94. The van der Waals surface area contributed by atoms with Gasteiger partial charge in [0.05, 0.1) is 6.10 Å². The van der Waals surface area contributed by atoms with Gasteiger partial charge in [0.2, 0.25) is 5.91 Å². The van der Waals surface area contributed by atoms with Crippen molar-refractivity contribution in [2.45, 2.75) is 31.8 Å². The fraction of sp³-hybridized carbons (Fsp3) is 0.562. The molecular weight excluding hydrogens is 290 g/mol. The third-order valence-electron chi connectivity index (χ3n) is 3.85. The van der Waals surface area contributed by atoms with E-state index in [1.165, 1.54) is 0 Å². The molecule has 1 atom stereocenters. The molecule has 0 bridgehead atoms. The topological polar surface area (TPSA) is 58.6 Å². The first-order valence-electron chi connectivity index (χ1n) is 7.42. The minimum Gasteiger partial charge on any atom is -0.391 e. The summed E-state index contributed by atoms with van der Waals surface area (Å²) in [5, 5.41) is 13.5. The van der Waals surface area contributed by atoms with Crippen molar-refractivity contribution in [3.05, 3.63) is 34.9 Å². The van der Waals surface area contributed by atoms with Gasteiger partial charge < -0.3 is 15.2 Å². The summed E-state index contributed by atoms with van der Waals surface area (Å²) in [6, 6.07) is 7.52. The van der Waals surface area contributed by atoms with Gasteiger partial charge in [-0.05, 0) is 42.9 Å². The molecule has 1 saturated heterocycles. The van der Waals surface area contributed by atoms with Gasteiger partial charge in [-0.3, -0.25) is 4.79 Å². The van der Waals surface area contributed by atoms with E-state index in [1.54, 1.807) is 0 Å². The van der Waals surface area contributed by atoms with Crippen LogP contribution in [0, 0.1) is 5.92 Å². The number of aliphatic hydroxyl groups is 1. The van der Waals surface area contributed by atoms with Crippen molar-refractivity contribution < 1.29 is 14.6 Å². The van der Waals surface area contributed by atoms with E-state index in [0.29, 0.717) is 37.6 Å². The largest absolute Gasteiger partial charge is 0.391 e. The summed E-state index contributed by atoms with van der Waals surface area (Å²) in [7, 11) is 0. The number of aliphatic hydroxyl groups excluding tert-OH is 1. The van der Waals surface area contributed by atoms with Crippen molar-refractivity contribution in [3.63, 3.8) is 0 Å². The Hall–Kier alpha value is -1.10. The first kappa shape index (κ1) is 16.3. The second-order valence-corrected chi connectivity index (χ2v) is 5.89. The molecule has 1 aliphatic heterocycles. The lowest BCUT2D eigenvalue weighted by molar-refractivity contribution is -0.121. The second kappa shape index (κ2) is 8.37. The summed E-state index contributed by atoms with van der Waals surface area (Å²) in [6.45, 7) is 1.72. The fourth-order valence-electron chi connectivity index (χ4n) is 2.52. The molecule has 2 rings (SSSR count). The van der Waals surface area contributed by atoms with Gasteiger partial charge in [0.25, 0.3) is 0 Å². The van der Waals surface area contributed by atoms with Crippen molar-refractivity contribution in [3.8, 4) is 0 Å². The van der Waals surface area contributed by atoms with Crippen LogP contribution in [-0.4, -0.2) is 36.9 Å². The van der Waals surface area contributed by atoms with Crippen LogP contribution < -0.4 is 5.32 Å². The Bertz CT molecular complexity index is 461. The number of aryl methyl sites for hydroxylation is 1. The van der Waals surface area contributed by atoms with E-state index < -0.39 is 6.10 Å². The molecule has 0 aromatic heterocycles. The maximum absolute atomic E-state index is 11.8. The van der Waals surface area contributed by atoms with Gasteiger partial charge in [-0.25, -0.2) is 0 Å². The number of ether oxygens (including phenoxy) is 1. The number of hydrogen-bond donors (Lipinski definition) is 2. The predicted molar refractivity (Wildman–Crippen MR) is 82.3 cm³/mol. The van der Waals surface area contributed by atoms with Crippen molar-refractivity contribution in [1.82, 2.24) is 5.32 Å². The number of rotatable bonds is 6. The number of carbonyl (C=O) groups excluding carboxylic acids is 1. The van der Waals surface area contributed by atoms with Gasteiger partial charge in [0, 0.05) is 31.2 Å². The minimum absolute atomic E-state index is 0.0407. The van der Waals surface area contributed by atoms with E-state index >= 15 is 0 Å². The SMILES string of the molecule is O=C(CCc1cccc(Cl)c1)NCC(O)C1CCOCC1. The average Bonchev–Trinajstić information content (AvgIpc) is 2.51. The van der Waals surface area contributed by atoms with E-state index in [1.807, 2.05) is 24.3 Å². The van der Waals surface area contributed by atoms with Crippen molar-refractivity contribution in [2.24, 2.45) is 5.92 Å². The molecule has 21 heavy (non-hydrogen) atoms. The summed E-state index contributed by atoms with van der Waals surface area (Å²) in [5.41, 5.74) is 1.04. The second-order valence-electron chi connectivity index (χ2n) is 5.45. The number of benzene rings is 1. The van der Waals surface area contributed by atoms with Crippen LogP contribution >= 0.6 is 11.6 Å². The van der Waals surface area contributed by atoms with Gasteiger partial charge in [-0.15, -0.1) is 0 Å². The Morgan fingerprint density at radius 1 is 1.43 bits per heavy atom. The third kappa shape index (κ3) is 5.65. The van der Waals surface area contributed by atoms with Crippen LogP contribution in [0.2, 0.25) is 5.02 Å². The number of nitrogens with one attached hydrogen (secondary N) is 1. The van der Waals surface area contributed by atoms with E-state index in [-0.39, 0.29) is 11.8 Å². The van der Waals surface area contributed by atoms with Crippen molar-refractivity contribution >= 4 is 17.5 Å². The monoisotopic (exact) mass is 311 g/mol. The Morgan fingerprint density at radius 3 is 2.90 bits per heavy atom. The predicted octanol–water partition coefficient (Wildman–Crippen LogP) is 2.18. The maximum atomic E-state index is 11.8. The molecule has 116 valence electrons. The Kier molecular flexibility index (Phi) is 6.49. The van der Waals surface area contributed by atoms with E-state index in [4.69, 9.17) is 16.3 Å². The summed E-state index contributed by atoms with van der Waals surface area (Å²) in [5.74, 6) is 0.188. The molecule has 1 fully saturated rings. The average molecular weight is 312 g/mol. The van der Waals surface area contributed by atoms with Crippen LogP contribution in [0.25, 0.3) is 0 Å². The molecular formula is C16H22ClNO3. The summed E-state index contributed by atoms with van der Waals surface area (Å²) in [6.07, 6.45) is 2.30. The standard InChI is InChI=1S/C16H22ClNO3/c17-14-3-1-2-12(10-14)4-5-16(20)18-11-15(19)13-6-8-21-9-7-13/h1-3,10,13,15,19H,4-9,11H2,(H,18,20). The number of halogens is 1. The van der Waals surface area contributed by atoms with Gasteiger partial charge in [0.1, 0.15) is 0 Å². The quantitative estimate of drug-likeness (QED) is 0.846. The molecule has 1 heterocycles. The van der Waals surface area contributed by atoms with Gasteiger partial charge in [0.15, 0.2) is 0 Å². The first-order chi connectivity index (χ1) is 10.1. The Balaban J connectivity index is 1.67. The van der Waals surface area contributed by atoms with Crippen LogP contribution in [-0.2, 0) is 16.0 Å². The number of hydrogen-bond acceptors (Lipinski definition) is 3. The van der Waals surface area contributed by atoms with Crippen molar-refractivity contribution in [1.29, 1.82) is 0 Å². The van der Waals surface area contributed by atoms with E-state index in [2.05, 4.69) is 5.32 Å². The van der Waals surface area contributed by atoms with Crippen LogP contribution in [0.4, 0.5) is 0 Å². The molecule has 0 spiro atoms. The fourth-order valence-corrected chi connectivity index (χ4v) is 2.74. The zero-order valence-corrected chi connectivity index (χ0v) is 12.8. The molecule has 1 amide bonds. The molecule has 0 aliphatic carbocycles. The summed E-state index contributed by atoms with van der Waals surface area (Å²) in [4.78, 5) is 11.8. The molecule has 1 aromatic carbocycles. The molecule has 0 saturated carbocycles. The summed E-state index contributed by atoms with van der Waals surface area (Å²) >= 11 is 5.91. The lowest BCUT2D eigenvalue weighted by Crippen LogP contribution is -2.38. The minimum atomic E-state index is -0.482. The van der Waals surface area contributed by atoms with Crippen LogP contribution in [0.1, 0.15) is 24.8 Å². The molecule has 1 aliphatic rings. The zero-order valence-electron chi connectivity index (χ0n) is 12.1. The van der Waals surface area contributed by atoms with Crippen LogP contribution in [0.15, 0.2) is 24.3 Å². The van der Waals surface area contributed by atoms with Crippen molar-refractivity contribution in [2.75, 3.05) is 19.8 Å². The highest BCUT2D eigenvalue weighted by Gasteiger charge is 2.22. The lowest BCUT2D eigenvalue weighted by Gasteiger charge is -2.26. The molecule has 0 radical (unpaired) electrons. The van der Waals surface area contributed by atoms with Gasteiger partial charge in [-0.2, -0.15) is 0 Å². The molecule has 5 heteroatoms. The maximum Gasteiger partial charge on any atom is 0.220 e. The Labute approximate surface area is 130 Å². The summed E-state index contributed by atoms with van der Waals surface area (Å²) < 4.78 is 5.26. The molecule has 4 nitrogen and oxygen atoms in total. The van der Waals surface area contributed by atoms with Gasteiger partial charge >= 0.3 is 0 Å². The van der Waals surface area contributed by atoms with Gasteiger partial charge in [-0.1, -0.05) is 23.7 Å².